The Kier molecular flexibility index (Phi) is 3.17. The predicted molar refractivity (Wildman–Crippen MR) is 87.4 cm³/mol. The molecular formula is C16H25N5. The van der Waals surface area contributed by atoms with Gasteiger partial charge in [-0.1, -0.05) is 0 Å². The molecule has 0 amide bonds. The lowest BCUT2D eigenvalue weighted by molar-refractivity contribution is 0.315. The van der Waals surface area contributed by atoms with Gasteiger partial charge in [0.2, 0.25) is 0 Å². The first-order chi connectivity index (χ1) is 10.2. The van der Waals surface area contributed by atoms with Crippen LogP contribution in [0.25, 0.3) is 0 Å². The summed E-state index contributed by atoms with van der Waals surface area (Å²) in [6, 6.07) is 5.73. The highest BCUT2D eigenvalue weighted by molar-refractivity contribution is 5.71. The Hall–Kier alpha value is -1.49. The van der Waals surface area contributed by atoms with E-state index in [4.69, 9.17) is 4.98 Å². The van der Waals surface area contributed by atoms with Gasteiger partial charge in [0.1, 0.15) is 5.82 Å². The van der Waals surface area contributed by atoms with Gasteiger partial charge in [-0.2, -0.15) is 0 Å². The average molecular weight is 287 g/mol. The Morgan fingerprint density at radius 1 is 1.10 bits per heavy atom. The highest BCUT2D eigenvalue weighted by atomic mass is 15.3. The highest BCUT2D eigenvalue weighted by Crippen LogP contribution is 2.35. The second kappa shape index (κ2) is 5.05. The number of anilines is 3. The molecule has 5 heteroatoms. The fraction of sp³-hybridized carbons (Fsp3) is 0.688. The van der Waals surface area contributed by atoms with Crippen LogP contribution in [0, 0.1) is 0 Å². The van der Waals surface area contributed by atoms with Crippen molar-refractivity contribution >= 4 is 17.3 Å². The van der Waals surface area contributed by atoms with Crippen LogP contribution in [0.5, 0.6) is 0 Å². The molecule has 0 spiro atoms. The summed E-state index contributed by atoms with van der Waals surface area (Å²) in [6.07, 6.45) is 3.70. The normalized spacial score (nSPS) is 25.2. The molecule has 0 unspecified atom stereocenters. The Labute approximate surface area is 126 Å². The summed E-state index contributed by atoms with van der Waals surface area (Å²) in [7, 11) is 4.34. The predicted octanol–water partition coefficient (Wildman–Crippen LogP) is 1.62. The molecule has 2 fully saturated rings. The minimum atomic E-state index is 0.610. The van der Waals surface area contributed by atoms with Crippen molar-refractivity contribution in [1.82, 2.24) is 9.88 Å². The molecule has 21 heavy (non-hydrogen) atoms. The number of hydrogen-bond donors (Lipinski definition) is 1. The number of rotatable bonds is 2. The average Bonchev–Trinajstić information content (AvgIpc) is 2.85. The van der Waals surface area contributed by atoms with Crippen LogP contribution in [-0.2, 0) is 0 Å². The van der Waals surface area contributed by atoms with Gasteiger partial charge in [-0.25, -0.2) is 4.98 Å². The van der Waals surface area contributed by atoms with Crippen molar-refractivity contribution < 1.29 is 0 Å². The number of fused-ring (bicyclic) bond motifs is 2. The molecule has 0 saturated carbocycles. The van der Waals surface area contributed by atoms with E-state index in [2.05, 4.69) is 46.2 Å². The topological polar surface area (TPSA) is 34.6 Å². The zero-order valence-electron chi connectivity index (χ0n) is 13.0. The third-order valence-electron chi connectivity index (χ3n) is 5.25. The molecule has 1 aromatic heterocycles. The summed E-state index contributed by atoms with van der Waals surface area (Å²) in [4.78, 5) is 12.2. The lowest BCUT2D eigenvalue weighted by Gasteiger charge is -2.28. The van der Waals surface area contributed by atoms with E-state index in [1.165, 1.54) is 24.9 Å². The molecule has 4 aliphatic heterocycles. The molecule has 2 saturated heterocycles. The highest BCUT2D eigenvalue weighted by Gasteiger charge is 2.29. The minimum absolute atomic E-state index is 0.610. The smallest absolute Gasteiger partial charge is 0.152 e. The SMILES string of the molecule is CN(C)[C@H]1CCN(c2ccc3c(n2)NC2CCN3CC2)C1. The summed E-state index contributed by atoms with van der Waals surface area (Å²) in [5, 5.41) is 3.66. The van der Waals surface area contributed by atoms with Crippen molar-refractivity contribution in [2.24, 2.45) is 0 Å². The molecule has 1 aromatic rings. The third kappa shape index (κ3) is 2.33. The van der Waals surface area contributed by atoms with E-state index in [9.17, 15) is 0 Å². The second-order valence-electron chi connectivity index (χ2n) is 6.79. The first kappa shape index (κ1) is 13.2. The van der Waals surface area contributed by atoms with Crippen LogP contribution < -0.4 is 15.1 Å². The molecule has 1 atom stereocenters. The van der Waals surface area contributed by atoms with Crippen molar-refractivity contribution in [2.45, 2.75) is 31.3 Å². The lowest BCUT2D eigenvalue weighted by atomic mass is 10.1. The molecule has 1 N–H and O–H groups in total. The molecule has 5 nitrogen and oxygen atoms in total. The Balaban J connectivity index is 1.59. The third-order valence-corrected chi connectivity index (χ3v) is 5.25. The molecule has 114 valence electrons. The molecule has 0 radical (unpaired) electrons. The van der Waals surface area contributed by atoms with E-state index >= 15 is 0 Å². The van der Waals surface area contributed by atoms with Crippen LogP contribution >= 0.6 is 0 Å². The summed E-state index contributed by atoms with van der Waals surface area (Å²) >= 11 is 0. The molecule has 4 aliphatic rings. The number of nitrogens with zero attached hydrogens (tertiary/aromatic N) is 4. The Morgan fingerprint density at radius 2 is 1.86 bits per heavy atom. The first-order valence-corrected chi connectivity index (χ1v) is 8.14. The summed E-state index contributed by atoms with van der Waals surface area (Å²) in [5.74, 6) is 2.23. The van der Waals surface area contributed by atoms with Crippen LogP contribution in [0.4, 0.5) is 17.3 Å². The second-order valence-corrected chi connectivity index (χ2v) is 6.79. The fourth-order valence-electron chi connectivity index (χ4n) is 3.81. The van der Waals surface area contributed by atoms with E-state index in [0.29, 0.717) is 12.1 Å². The van der Waals surface area contributed by atoms with Gasteiger partial charge in [0.25, 0.3) is 0 Å². The largest absolute Gasteiger partial charge is 0.368 e. The number of piperidine rings is 1. The van der Waals surface area contributed by atoms with E-state index in [1.54, 1.807) is 0 Å². The Morgan fingerprint density at radius 3 is 2.57 bits per heavy atom. The van der Waals surface area contributed by atoms with Gasteiger partial charge < -0.3 is 20.0 Å². The van der Waals surface area contributed by atoms with E-state index in [0.717, 1.165) is 37.8 Å². The van der Waals surface area contributed by atoms with Crippen LogP contribution in [0.3, 0.4) is 0 Å². The van der Waals surface area contributed by atoms with Crippen LogP contribution in [0.15, 0.2) is 12.1 Å². The standard InChI is InChI=1S/C16H25N5/c1-19(2)13-7-10-21(11-13)15-4-3-14-16(18-15)17-12-5-8-20(14)9-6-12/h3-4,12-13H,5-11H2,1-2H3,(H,17,18)/t13-/m0/s1. The lowest BCUT2D eigenvalue weighted by Crippen LogP contribution is -2.35. The van der Waals surface area contributed by atoms with E-state index < -0.39 is 0 Å². The zero-order chi connectivity index (χ0) is 14.4. The maximum atomic E-state index is 4.94. The quantitative estimate of drug-likeness (QED) is 0.894. The van der Waals surface area contributed by atoms with Gasteiger partial charge in [0, 0.05) is 38.3 Å². The summed E-state index contributed by atoms with van der Waals surface area (Å²) in [5.41, 5.74) is 1.29. The molecule has 5 heterocycles. The van der Waals surface area contributed by atoms with Crippen LogP contribution in [0.1, 0.15) is 19.3 Å². The van der Waals surface area contributed by atoms with Crippen molar-refractivity contribution in [2.75, 3.05) is 55.4 Å². The number of aromatic nitrogens is 1. The summed E-state index contributed by atoms with van der Waals surface area (Å²) < 4.78 is 0. The molecule has 0 aliphatic carbocycles. The number of hydrogen-bond acceptors (Lipinski definition) is 5. The van der Waals surface area contributed by atoms with Crippen molar-refractivity contribution in [1.29, 1.82) is 0 Å². The maximum absolute atomic E-state index is 4.94. The first-order valence-electron chi connectivity index (χ1n) is 8.14. The zero-order valence-corrected chi connectivity index (χ0v) is 13.0. The minimum Gasteiger partial charge on any atom is -0.368 e. The maximum Gasteiger partial charge on any atom is 0.152 e. The van der Waals surface area contributed by atoms with E-state index in [1.807, 2.05) is 0 Å². The number of likely N-dealkylation sites (N-methyl/N-ethyl adjacent to an activating group) is 1. The Bertz CT molecular complexity index is 521. The number of pyridine rings is 1. The molecule has 0 aromatic carbocycles. The molecule has 2 bridgehead atoms. The van der Waals surface area contributed by atoms with Gasteiger partial charge in [-0.05, 0) is 45.5 Å². The summed E-state index contributed by atoms with van der Waals surface area (Å²) in [6.45, 7) is 4.53. The molecular weight excluding hydrogens is 262 g/mol. The van der Waals surface area contributed by atoms with Gasteiger partial charge in [0.15, 0.2) is 5.82 Å². The van der Waals surface area contributed by atoms with Crippen molar-refractivity contribution in [3.63, 3.8) is 0 Å². The van der Waals surface area contributed by atoms with Crippen molar-refractivity contribution in [3.8, 4) is 0 Å². The van der Waals surface area contributed by atoms with Gasteiger partial charge >= 0.3 is 0 Å². The van der Waals surface area contributed by atoms with Gasteiger partial charge in [-0.15, -0.1) is 0 Å². The van der Waals surface area contributed by atoms with Gasteiger partial charge in [0.05, 0.1) is 5.69 Å². The van der Waals surface area contributed by atoms with E-state index in [-0.39, 0.29) is 0 Å². The molecule has 5 rings (SSSR count). The van der Waals surface area contributed by atoms with Crippen LogP contribution in [0.2, 0.25) is 0 Å². The fourth-order valence-corrected chi connectivity index (χ4v) is 3.81. The van der Waals surface area contributed by atoms with Crippen molar-refractivity contribution in [3.05, 3.63) is 12.1 Å². The number of nitrogens with one attached hydrogen (secondary N) is 1. The monoisotopic (exact) mass is 287 g/mol. The van der Waals surface area contributed by atoms with Crippen LogP contribution in [-0.4, -0.2) is 62.2 Å². The van der Waals surface area contributed by atoms with Gasteiger partial charge in [-0.3, -0.25) is 0 Å².